The Morgan fingerprint density at radius 3 is 2.70 bits per heavy atom. The highest BCUT2D eigenvalue weighted by Gasteiger charge is 2.15. The zero-order valence-electron chi connectivity index (χ0n) is 15.8. The quantitative estimate of drug-likeness (QED) is 0.274. The highest BCUT2D eigenvalue weighted by atomic mass is 35.5. The molecule has 0 aliphatic carbocycles. The van der Waals surface area contributed by atoms with E-state index in [9.17, 15) is 4.79 Å². The van der Waals surface area contributed by atoms with Crippen molar-refractivity contribution in [3.63, 3.8) is 0 Å². The van der Waals surface area contributed by atoms with Crippen molar-refractivity contribution < 1.29 is 0 Å². The fraction of sp³-hybridized carbons (Fsp3) is 0.0909. The number of nitrogens with one attached hydrogen (secondary N) is 1. The Kier molecular flexibility index (Phi) is 5.02. The molecule has 0 saturated carbocycles. The molecule has 0 bridgehead atoms. The molecule has 30 heavy (non-hydrogen) atoms. The van der Waals surface area contributed by atoms with Crippen LogP contribution in [-0.4, -0.2) is 19.9 Å². The van der Waals surface area contributed by atoms with Crippen molar-refractivity contribution in [3.8, 4) is 11.1 Å². The van der Waals surface area contributed by atoms with Gasteiger partial charge in [-0.3, -0.25) is 4.79 Å². The van der Waals surface area contributed by atoms with E-state index in [4.69, 9.17) is 11.6 Å². The smallest absolute Gasteiger partial charge is 0.260 e. The van der Waals surface area contributed by atoms with E-state index in [0.29, 0.717) is 26.8 Å². The number of H-pyrrole nitrogens is 1. The number of hydrogen-bond donors (Lipinski definition) is 1. The molecule has 0 unspecified atom stereocenters. The highest BCUT2D eigenvalue weighted by Crippen LogP contribution is 2.35. The van der Waals surface area contributed by atoms with E-state index in [1.165, 1.54) is 23.1 Å². The van der Waals surface area contributed by atoms with Gasteiger partial charge in [0.05, 0.1) is 16.7 Å². The first-order valence-electron chi connectivity index (χ1n) is 9.21. The third kappa shape index (κ3) is 3.49. The summed E-state index contributed by atoms with van der Waals surface area (Å²) in [5.41, 5.74) is 2.40. The Balaban J connectivity index is 1.50. The zero-order valence-corrected chi connectivity index (χ0v) is 18.2. The lowest BCUT2D eigenvalue weighted by atomic mass is 10.1. The molecule has 0 amide bonds. The average molecular weight is 451 g/mol. The van der Waals surface area contributed by atoms with Crippen LogP contribution in [-0.2, 0) is 5.75 Å². The van der Waals surface area contributed by atoms with Crippen LogP contribution in [0.2, 0.25) is 5.02 Å². The molecule has 0 atom stereocenters. The Morgan fingerprint density at radius 1 is 1.03 bits per heavy atom. The summed E-state index contributed by atoms with van der Waals surface area (Å²) in [6.07, 6.45) is 0. The van der Waals surface area contributed by atoms with Crippen molar-refractivity contribution in [2.75, 3.05) is 0 Å². The van der Waals surface area contributed by atoms with Crippen LogP contribution in [0, 0.1) is 6.92 Å². The van der Waals surface area contributed by atoms with E-state index in [1.54, 1.807) is 0 Å². The number of aryl methyl sites for hydroxylation is 1. The average Bonchev–Trinajstić information content (AvgIpc) is 3.16. The summed E-state index contributed by atoms with van der Waals surface area (Å²) in [5, 5.41) is 5.00. The molecular weight excluding hydrogens is 436 g/mol. The van der Waals surface area contributed by atoms with E-state index < -0.39 is 0 Å². The second kappa shape index (κ2) is 7.83. The molecule has 3 heterocycles. The summed E-state index contributed by atoms with van der Waals surface area (Å²) in [6, 6.07) is 15.4. The molecule has 3 aromatic heterocycles. The van der Waals surface area contributed by atoms with Crippen molar-refractivity contribution in [1.82, 2.24) is 19.9 Å². The number of thioether (sulfide) groups is 1. The van der Waals surface area contributed by atoms with Crippen LogP contribution in [0.4, 0.5) is 0 Å². The summed E-state index contributed by atoms with van der Waals surface area (Å²) in [4.78, 5) is 30.2. The number of halogens is 1. The van der Waals surface area contributed by atoms with Gasteiger partial charge in [0.1, 0.15) is 21.5 Å². The largest absolute Gasteiger partial charge is 0.309 e. The molecule has 0 spiro atoms. The van der Waals surface area contributed by atoms with E-state index in [-0.39, 0.29) is 5.56 Å². The van der Waals surface area contributed by atoms with Crippen LogP contribution >= 0.6 is 34.7 Å². The van der Waals surface area contributed by atoms with Crippen LogP contribution in [0.5, 0.6) is 0 Å². The number of fused-ring (bicyclic) bond motifs is 2. The summed E-state index contributed by atoms with van der Waals surface area (Å²) in [5.74, 6) is 1.84. The minimum atomic E-state index is -0.157. The van der Waals surface area contributed by atoms with Crippen molar-refractivity contribution in [2.45, 2.75) is 17.7 Å². The van der Waals surface area contributed by atoms with Crippen LogP contribution in [0.3, 0.4) is 0 Å². The van der Waals surface area contributed by atoms with E-state index >= 15 is 0 Å². The Morgan fingerprint density at radius 2 is 1.83 bits per heavy atom. The van der Waals surface area contributed by atoms with Gasteiger partial charge in [0, 0.05) is 26.9 Å². The second-order valence-electron chi connectivity index (χ2n) is 6.70. The molecule has 0 saturated heterocycles. The molecule has 0 radical (unpaired) electrons. The number of aromatic nitrogens is 4. The number of thiophene rings is 1. The molecule has 0 aliphatic heterocycles. The van der Waals surface area contributed by atoms with Crippen LogP contribution in [0.25, 0.3) is 32.2 Å². The standard InChI is InChI=1S/C22H15ClN4OS2/c1-12-24-17-9-5-3-7-14(17)21(25-12)30-11-18-26-20(28)19-15(10-29-22(19)27-18)13-6-2-4-8-16(13)23/h2-10H,11H2,1H3,(H,26,27,28). The monoisotopic (exact) mass is 450 g/mol. The maximum absolute atomic E-state index is 12.9. The van der Waals surface area contributed by atoms with Gasteiger partial charge < -0.3 is 4.98 Å². The molecule has 0 aliphatic rings. The minimum Gasteiger partial charge on any atom is -0.309 e. The number of hydrogen-bond acceptors (Lipinski definition) is 6. The molecular formula is C22H15ClN4OS2. The molecule has 1 N–H and O–H groups in total. The molecule has 5 nitrogen and oxygen atoms in total. The van der Waals surface area contributed by atoms with Gasteiger partial charge >= 0.3 is 0 Å². The normalized spacial score (nSPS) is 11.4. The van der Waals surface area contributed by atoms with Crippen LogP contribution in [0.15, 0.2) is 63.7 Å². The first kappa shape index (κ1) is 19.2. The maximum atomic E-state index is 12.9. The van der Waals surface area contributed by atoms with Crippen LogP contribution < -0.4 is 5.56 Å². The van der Waals surface area contributed by atoms with Crippen LogP contribution in [0.1, 0.15) is 11.6 Å². The van der Waals surface area contributed by atoms with Gasteiger partial charge in [-0.25, -0.2) is 15.0 Å². The number of para-hydroxylation sites is 1. The summed E-state index contributed by atoms with van der Waals surface area (Å²) in [6.45, 7) is 1.88. The minimum absolute atomic E-state index is 0.157. The number of nitrogens with zero attached hydrogens (tertiary/aromatic N) is 3. The molecule has 2 aromatic carbocycles. The predicted molar refractivity (Wildman–Crippen MR) is 125 cm³/mol. The lowest BCUT2D eigenvalue weighted by molar-refractivity contribution is 1.00. The zero-order chi connectivity index (χ0) is 20.7. The van der Waals surface area contributed by atoms with Crippen molar-refractivity contribution >= 4 is 55.8 Å². The van der Waals surface area contributed by atoms with Crippen molar-refractivity contribution in [2.24, 2.45) is 0 Å². The first-order chi connectivity index (χ1) is 14.6. The lowest BCUT2D eigenvalue weighted by Gasteiger charge is -2.07. The van der Waals surface area contributed by atoms with Gasteiger partial charge in [0.15, 0.2) is 0 Å². The van der Waals surface area contributed by atoms with Crippen molar-refractivity contribution in [1.29, 1.82) is 0 Å². The predicted octanol–water partition coefficient (Wildman–Crippen LogP) is 5.85. The van der Waals surface area contributed by atoms with Gasteiger partial charge in [-0.15, -0.1) is 11.3 Å². The van der Waals surface area contributed by atoms with Crippen molar-refractivity contribution in [3.05, 3.63) is 80.9 Å². The van der Waals surface area contributed by atoms with E-state index in [2.05, 4.69) is 19.9 Å². The molecule has 5 aromatic rings. The van der Waals surface area contributed by atoms with Gasteiger partial charge in [-0.2, -0.15) is 0 Å². The topological polar surface area (TPSA) is 71.5 Å². The number of benzene rings is 2. The summed E-state index contributed by atoms with van der Waals surface area (Å²) >= 11 is 9.32. The van der Waals surface area contributed by atoms with Gasteiger partial charge in [0.25, 0.3) is 5.56 Å². The fourth-order valence-corrected chi connectivity index (χ4v) is 5.48. The molecule has 0 fully saturated rings. The van der Waals surface area contributed by atoms with E-state index in [1.807, 2.05) is 60.8 Å². The van der Waals surface area contributed by atoms with Gasteiger partial charge in [-0.1, -0.05) is 59.8 Å². The Labute approximate surface area is 185 Å². The number of aromatic amines is 1. The first-order valence-corrected chi connectivity index (χ1v) is 11.5. The second-order valence-corrected chi connectivity index (χ2v) is 8.93. The third-order valence-corrected chi connectivity index (χ3v) is 6.89. The summed E-state index contributed by atoms with van der Waals surface area (Å²) in [7, 11) is 0. The highest BCUT2D eigenvalue weighted by molar-refractivity contribution is 7.98. The molecule has 8 heteroatoms. The SMILES string of the molecule is Cc1nc(SCc2nc3scc(-c4ccccc4Cl)c3c(=O)[nH]2)c2ccccc2n1. The van der Waals surface area contributed by atoms with Gasteiger partial charge in [0.2, 0.25) is 0 Å². The third-order valence-electron chi connectivity index (χ3n) is 4.68. The Hall–Kier alpha value is -2.74. The molecule has 148 valence electrons. The summed E-state index contributed by atoms with van der Waals surface area (Å²) < 4.78 is 0. The van der Waals surface area contributed by atoms with Gasteiger partial charge in [-0.05, 0) is 19.1 Å². The Bertz CT molecular complexity index is 1460. The fourth-order valence-electron chi connectivity index (χ4n) is 3.34. The maximum Gasteiger partial charge on any atom is 0.260 e. The van der Waals surface area contributed by atoms with E-state index in [0.717, 1.165) is 32.9 Å². The molecule has 5 rings (SSSR count). The lowest BCUT2D eigenvalue weighted by Crippen LogP contribution is -2.10. The number of rotatable bonds is 4.